The average molecular weight is 454 g/mol. The molecule has 0 saturated carbocycles. The third-order valence-corrected chi connectivity index (χ3v) is 3.43. The van der Waals surface area contributed by atoms with Gasteiger partial charge in [0.2, 0.25) is 0 Å². The van der Waals surface area contributed by atoms with Crippen molar-refractivity contribution in [2.45, 2.75) is 18.1 Å². The fraction of sp³-hybridized carbons (Fsp3) is 0.400. The normalized spacial score (nSPS) is 11.3. The molecule has 1 heterocycles. The summed E-state index contributed by atoms with van der Waals surface area (Å²) in [6, 6.07) is 0. The minimum atomic E-state index is -4.82. The zero-order chi connectivity index (χ0) is 14.6. The maximum atomic E-state index is 12.3. The summed E-state index contributed by atoms with van der Waals surface area (Å²) in [6.07, 6.45) is -3.66. The second-order valence-corrected chi connectivity index (χ2v) is 4.90. The zero-order valence-electron chi connectivity index (χ0n) is 9.55. The van der Waals surface area contributed by atoms with Crippen LogP contribution >= 0.6 is 38.5 Å². The summed E-state index contributed by atoms with van der Waals surface area (Å²) in [7, 11) is 1.20. The van der Waals surface area contributed by atoms with Crippen molar-refractivity contribution >= 4 is 44.5 Å². The summed E-state index contributed by atoms with van der Waals surface area (Å²) >= 11 is 4.72. The van der Waals surface area contributed by atoms with Crippen molar-refractivity contribution in [3.8, 4) is 5.75 Å². The van der Waals surface area contributed by atoms with Crippen molar-refractivity contribution in [2.75, 3.05) is 7.11 Å². The molecule has 0 saturated heterocycles. The molecule has 0 aliphatic heterocycles. The third-order valence-electron chi connectivity index (χ3n) is 2.10. The molecule has 1 rings (SSSR count). The number of methoxy groups -OCH3 is 1. The number of esters is 1. The monoisotopic (exact) mass is 453 g/mol. The molecule has 0 N–H and O–H groups in total. The molecule has 0 aromatic carbocycles. The van der Waals surface area contributed by atoms with Gasteiger partial charge in [0.15, 0.2) is 5.75 Å². The number of alkyl halides is 4. The van der Waals surface area contributed by atoms with E-state index in [1.807, 2.05) is 0 Å². The van der Waals surface area contributed by atoms with Gasteiger partial charge < -0.3 is 9.47 Å². The molecule has 0 bridgehead atoms. The van der Waals surface area contributed by atoms with Crippen LogP contribution in [-0.4, -0.2) is 24.4 Å². The summed E-state index contributed by atoms with van der Waals surface area (Å²) < 4.78 is 45.5. The van der Waals surface area contributed by atoms with Crippen LogP contribution in [0.15, 0.2) is 6.20 Å². The van der Waals surface area contributed by atoms with Crippen LogP contribution in [0.5, 0.6) is 5.75 Å². The Bertz CT molecular complexity index is 482. The lowest BCUT2D eigenvalue weighted by atomic mass is 10.1. The van der Waals surface area contributed by atoms with Crippen LogP contribution in [0.4, 0.5) is 13.2 Å². The van der Waals surface area contributed by atoms with Gasteiger partial charge in [-0.05, 0) is 28.2 Å². The predicted octanol–water partition coefficient (Wildman–Crippen LogP) is 3.20. The van der Waals surface area contributed by atoms with E-state index >= 15 is 0 Å². The first kappa shape index (κ1) is 16.5. The topological polar surface area (TPSA) is 48.4 Å². The van der Waals surface area contributed by atoms with E-state index in [1.165, 1.54) is 13.3 Å². The van der Waals surface area contributed by atoms with Crippen molar-refractivity contribution < 1.29 is 27.4 Å². The van der Waals surface area contributed by atoms with Crippen molar-refractivity contribution in [1.29, 1.82) is 0 Å². The largest absolute Gasteiger partial charge is 0.573 e. The van der Waals surface area contributed by atoms with E-state index < -0.39 is 18.1 Å². The molecule has 9 heteroatoms. The van der Waals surface area contributed by atoms with Gasteiger partial charge in [0.05, 0.1) is 13.5 Å². The van der Waals surface area contributed by atoms with E-state index in [1.54, 1.807) is 22.6 Å². The first-order chi connectivity index (χ1) is 8.78. The summed E-state index contributed by atoms with van der Waals surface area (Å²) in [5.74, 6) is -0.963. The number of hydrogen-bond donors (Lipinski definition) is 0. The predicted molar refractivity (Wildman–Crippen MR) is 72.0 cm³/mol. The second kappa shape index (κ2) is 6.73. The molecule has 0 atom stereocenters. The number of hydrogen-bond acceptors (Lipinski definition) is 4. The Labute approximate surface area is 128 Å². The minimum absolute atomic E-state index is 0.0676. The smallest absolute Gasteiger partial charge is 0.469 e. The molecule has 4 nitrogen and oxygen atoms in total. The van der Waals surface area contributed by atoms with Crippen molar-refractivity contribution in [2.24, 2.45) is 0 Å². The number of carbonyl (C=O) groups is 1. The van der Waals surface area contributed by atoms with Crippen LogP contribution in [-0.2, 0) is 21.3 Å². The van der Waals surface area contributed by atoms with Gasteiger partial charge in [-0.25, -0.2) is 4.98 Å². The summed E-state index contributed by atoms with van der Waals surface area (Å²) in [4.78, 5) is 15.0. The lowest BCUT2D eigenvalue weighted by Gasteiger charge is -2.16. The molecule has 1 aromatic heterocycles. The number of carbonyl (C=O) groups excluding carboxylic acids is 1. The number of halogens is 5. The molecule has 0 spiro atoms. The van der Waals surface area contributed by atoms with Gasteiger partial charge in [-0.3, -0.25) is 4.79 Å². The third kappa shape index (κ3) is 4.79. The minimum Gasteiger partial charge on any atom is -0.469 e. The first-order valence-corrected chi connectivity index (χ1v) is 7.03. The molecule has 1 aromatic rings. The fourth-order valence-corrected chi connectivity index (χ4v) is 2.48. The molecule has 0 unspecified atom stereocenters. The maximum absolute atomic E-state index is 12.3. The highest BCUT2D eigenvalue weighted by Crippen LogP contribution is 2.33. The van der Waals surface area contributed by atoms with E-state index in [0.717, 1.165) is 0 Å². The lowest BCUT2D eigenvalue weighted by molar-refractivity contribution is -0.275. The Morgan fingerprint density at radius 1 is 1.53 bits per heavy atom. The van der Waals surface area contributed by atoms with Gasteiger partial charge >= 0.3 is 12.3 Å². The Kier molecular flexibility index (Phi) is 5.83. The van der Waals surface area contributed by atoms with Crippen molar-refractivity contribution in [1.82, 2.24) is 4.98 Å². The summed E-state index contributed by atoms with van der Waals surface area (Å²) in [6.45, 7) is 0. The summed E-state index contributed by atoms with van der Waals surface area (Å²) in [5.41, 5.74) is 0.547. The van der Waals surface area contributed by atoms with E-state index in [-0.39, 0.29) is 21.0 Å². The standard InChI is InChI=1S/C10H8BrF3INO3/c1-18-7(17)2-5-4-16-9(15)8(6(5)3-11)19-10(12,13)14/h4H,2-3H2,1H3. The highest BCUT2D eigenvalue weighted by molar-refractivity contribution is 14.1. The average Bonchev–Trinajstić information content (AvgIpc) is 2.31. The molecular formula is C10H8BrF3INO3. The van der Waals surface area contributed by atoms with Crippen molar-refractivity contribution in [3.05, 3.63) is 21.0 Å². The zero-order valence-corrected chi connectivity index (χ0v) is 13.3. The molecule has 106 valence electrons. The van der Waals surface area contributed by atoms with Gasteiger partial charge in [-0.15, -0.1) is 13.2 Å². The molecule has 0 aliphatic rings. The molecular weight excluding hydrogens is 446 g/mol. The van der Waals surface area contributed by atoms with E-state index in [4.69, 9.17) is 0 Å². The lowest BCUT2D eigenvalue weighted by Crippen LogP contribution is -2.20. The fourth-order valence-electron chi connectivity index (χ4n) is 1.29. The number of pyridine rings is 1. The highest BCUT2D eigenvalue weighted by atomic mass is 127. The van der Waals surface area contributed by atoms with Crippen LogP contribution in [0, 0.1) is 3.70 Å². The van der Waals surface area contributed by atoms with E-state index in [0.29, 0.717) is 5.56 Å². The van der Waals surface area contributed by atoms with E-state index in [9.17, 15) is 18.0 Å². The van der Waals surface area contributed by atoms with Crippen LogP contribution in [0.2, 0.25) is 0 Å². The van der Waals surface area contributed by atoms with Crippen LogP contribution in [0.1, 0.15) is 11.1 Å². The number of ether oxygens (including phenoxy) is 2. The molecule has 0 fully saturated rings. The number of rotatable bonds is 4. The molecule has 0 aliphatic carbocycles. The maximum Gasteiger partial charge on any atom is 0.573 e. The molecule has 19 heavy (non-hydrogen) atoms. The Hall–Kier alpha value is -0.580. The molecule has 0 radical (unpaired) electrons. The Morgan fingerprint density at radius 2 is 2.16 bits per heavy atom. The SMILES string of the molecule is COC(=O)Cc1cnc(I)c(OC(F)(F)F)c1CBr. The van der Waals surface area contributed by atoms with Crippen molar-refractivity contribution in [3.63, 3.8) is 0 Å². The number of nitrogens with zero attached hydrogens (tertiary/aromatic N) is 1. The van der Waals surface area contributed by atoms with Crippen LogP contribution < -0.4 is 4.74 Å². The second-order valence-electron chi connectivity index (χ2n) is 3.32. The summed E-state index contributed by atoms with van der Waals surface area (Å²) in [5, 5.41) is 0.100. The van der Waals surface area contributed by atoms with E-state index in [2.05, 4.69) is 30.4 Å². The quantitative estimate of drug-likeness (QED) is 0.304. The molecule has 0 amide bonds. The van der Waals surface area contributed by atoms with Gasteiger partial charge in [0.25, 0.3) is 0 Å². The van der Waals surface area contributed by atoms with Gasteiger partial charge in [-0.1, -0.05) is 15.9 Å². The van der Waals surface area contributed by atoms with Gasteiger partial charge in [0, 0.05) is 17.1 Å². The Balaban J connectivity index is 3.21. The van der Waals surface area contributed by atoms with Crippen LogP contribution in [0.25, 0.3) is 0 Å². The van der Waals surface area contributed by atoms with Gasteiger partial charge in [0.1, 0.15) is 3.70 Å². The number of aromatic nitrogens is 1. The van der Waals surface area contributed by atoms with Gasteiger partial charge in [-0.2, -0.15) is 0 Å². The Morgan fingerprint density at radius 3 is 2.63 bits per heavy atom. The first-order valence-electron chi connectivity index (χ1n) is 4.83. The highest BCUT2D eigenvalue weighted by Gasteiger charge is 2.34. The van der Waals surface area contributed by atoms with Crippen LogP contribution in [0.3, 0.4) is 0 Å².